The third kappa shape index (κ3) is 5.08. The van der Waals surface area contributed by atoms with Gasteiger partial charge in [-0.05, 0) is 29.3 Å². The lowest BCUT2D eigenvalue weighted by Crippen LogP contribution is -2.48. The van der Waals surface area contributed by atoms with Crippen LogP contribution in [0.15, 0.2) is 95.6 Å². The lowest BCUT2D eigenvalue weighted by atomic mass is 10.2. The van der Waals surface area contributed by atoms with Gasteiger partial charge in [0.05, 0.1) is 6.54 Å². The molecule has 7 heteroatoms. The molecule has 0 radical (unpaired) electrons. The van der Waals surface area contributed by atoms with Crippen molar-refractivity contribution in [2.24, 2.45) is 4.99 Å². The lowest BCUT2D eigenvalue weighted by molar-refractivity contribution is -0.126. The number of hydrazine groups is 1. The van der Waals surface area contributed by atoms with Gasteiger partial charge in [-0.3, -0.25) is 9.59 Å². The summed E-state index contributed by atoms with van der Waals surface area (Å²) >= 11 is 0. The van der Waals surface area contributed by atoms with Gasteiger partial charge in [-0.15, -0.1) is 0 Å². The highest BCUT2D eigenvalue weighted by Gasteiger charge is 2.31. The molecule has 7 nitrogen and oxygen atoms in total. The van der Waals surface area contributed by atoms with Gasteiger partial charge in [0.15, 0.2) is 5.84 Å². The summed E-state index contributed by atoms with van der Waals surface area (Å²) in [6, 6.07) is 25.4. The molecular weight excluding hydrogens is 404 g/mol. The van der Waals surface area contributed by atoms with Gasteiger partial charge in [-0.25, -0.2) is 15.4 Å². The molecule has 4 rings (SSSR count). The fourth-order valence-corrected chi connectivity index (χ4v) is 3.23. The number of amides is 2. The summed E-state index contributed by atoms with van der Waals surface area (Å²) in [5.74, 6) is -0.137. The number of nitrogens with one attached hydrogen (secondary N) is 2. The Hall–Kier alpha value is -4.23. The Morgan fingerprint density at radius 2 is 1.69 bits per heavy atom. The highest BCUT2D eigenvalue weighted by atomic mass is 16.3. The van der Waals surface area contributed by atoms with E-state index in [1.54, 1.807) is 30.3 Å². The molecule has 2 amide bonds. The van der Waals surface area contributed by atoms with Gasteiger partial charge in [0.2, 0.25) is 5.91 Å². The zero-order valence-corrected chi connectivity index (χ0v) is 17.2. The molecule has 3 aromatic rings. The first-order valence-electron chi connectivity index (χ1n) is 10.1. The largest absolute Gasteiger partial charge is 0.508 e. The maximum Gasteiger partial charge on any atom is 0.292 e. The normalized spacial score (nSPS) is 14.5. The van der Waals surface area contributed by atoms with Crippen molar-refractivity contribution in [2.75, 3.05) is 6.54 Å². The number of amidine groups is 1. The Bertz CT molecular complexity index is 1170. The van der Waals surface area contributed by atoms with Gasteiger partial charge in [0, 0.05) is 12.1 Å². The molecule has 0 aromatic heterocycles. The molecule has 0 atom stereocenters. The van der Waals surface area contributed by atoms with Crippen molar-refractivity contribution in [3.05, 3.63) is 107 Å². The fraction of sp³-hybridized carbons (Fsp3) is 0.0800. The summed E-state index contributed by atoms with van der Waals surface area (Å²) in [7, 11) is 0. The Balaban J connectivity index is 1.50. The summed E-state index contributed by atoms with van der Waals surface area (Å²) in [5, 5.41) is 13.8. The minimum atomic E-state index is -0.386. The van der Waals surface area contributed by atoms with Crippen molar-refractivity contribution in [3.8, 4) is 5.75 Å². The molecule has 3 aromatic carbocycles. The third-order valence-electron chi connectivity index (χ3n) is 4.80. The standard InChI is InChI=1S/C25H22N4O3/c30-21-13-7-10-19(14-21)15-22-25(32)29(24(28-22)20-11-5-2-6-12-20)27-17-23(31)26-16-18-8-3-1-4-9-18/h1-15,27,30H,16-17H2,(H,26,31)/b22-15-. The average Bonchev–Trinajstić information content (AvgIpc) is 3.12. The smallest absolute Gasteiger partial charge is 0.292 e. The number of nitrogens with zero attached hydrogens (tertiary/aromatic N) is 2. The number of hydrogen-bond acceptors (Lipinski definition) is 5. The van der Waals surface area contributed by atoms with Crippen molar-refractivity contribution in [1.29, 1.82) is 0 Å². The van der Waals surface area contributed by atoms with E-state index in [0.29, 0.717) is 17.9 Å². The van der Waals surface area contributed by atoms with Crippen molar-refractivity contribution in [3.63, 3.8) is 0 Å². The molecule has 0 spiro atoms. The highest BCUT2D eigenvalue weighted by molar-refractivity contribution is 6.19. The first kappa shape index (κ1) is 21.0. The molecule has 3 N–H and O–H groups in total. The van der Waals surface area contributed by atoms with E-state index in [1.807, 2.05) is 60.7 Å². The molecule has 1 heterocycles. The van der Waals surface area contributed by atoms with Gasteiger partial charge in [0.1, 0.15) is 11.4 Å². The highest BCUT2D eigenvalue weighted by Crippen LogP contribution is 2.22. The van der Waals surface area contributed by atoms with E-state index in [2.05, 4.69) is 15.7 Å². The molecule has 0 saturated carbocycles. The quantitative estimate of drug-likeness (QED) is 0.507. The molecule has 160 valence electrons. The molecule has 0 fully saturated rings. The first-order valence-corrected chi connectivity index (χ1v) is 10.1. The van der Waals surface area contributed by atoms with Crippen LogP contribution in [0.5, 0.6) is 5.75 Å². The number of phenolic OH excluding ortho intramolecular Hbond substituents is 1. The number of aliphatic imine (C=N–C) groups is 1. The summed E-state index contributed by atoms with van der Waals surface area (Å²) in [6.45, 7) is 0.307. The molecule has 1 aliphatic rings. The van der Waals surface area contributed by atoms with Gasteiger partial charge >= 0.3 is 0 Å². The van der Waals surface area contributed by atoms with E-state index in [-0.39, 0.29) is 29.8 Å². The Kier molecular flexibility index (Phi) is 6.38. The van der Waals surface area contributed by atoms with Crippen LogP contribution in [0, 0.1) is 0 Å². The van der Waals surface area contributed by atoms with Crippen LogP contribution in [0.2, 0.25) is 0 Å². The number of carbonyl (C=O) groups is 2. The minimum Gasteiger partial charge on any atom is -0.508 e. The van der Waals surface area contributed by atoms with Crippen molar-refractivity contribution in [2.45, 2.75) is 6.54 Å². The van der Waals surface area contributed by atoms with Crippen LogP contribution in [0.4, 0.5) is 0 Å². The van der Waals surface area contributed by atoms with Crippen LogP contribution in [0.1, 0.15) is 16.7 Å². The number of hydrogen-bond donors (Lipinski definition) is 3. The molecule has 0 unspecified atom stereocenters. The number of phenols is 1. The van der Waals surface area contributed by atoms with Crippen molar-refractivity contribution < 1.29 is 14.7 Å². The summed E-state index contributed by atoms with van der Waals surface area (Å²) in [5.41, 5.74) is 5.46. The second-order valence-electron chi connectivity index (χ2n) is 7.16. The Labute approximate surface area is 185 Å². The summed E-state index contributed by atoms with van der Waals surface area (Å²) < 4.78 is 0. The number of benzene rings is 3. The van der Waals surface area contributed by atoms with E-state index >= 15 is 0 Å². The maximum atomic E-state index is 13.1. The predicted octanol–water partition coefficient (Wildman–Crippen LogP) is 2.84. The minimum absolute atomic E-state index is 0.0934. The van der Waals surface area contributed by atoms with Gasteiger partial charge in [0.25, 0.3) is 5.91 Å². The van der Waals surface area contributed by atoms with Crippen LogP contribution in [0.25, 0.3) is 6.08 Å². The van der Waals surface area contributed by atoms with Crippen LogP contribution in [-0.2, 0) is 16.1 Å². The molecule has 0 saturated heterocycles. The van der Waals surface area contributed by atoms with Crippen molar-refractivity contribution in [1.82, 2.24) is 15.8 Å². The van der Waals surface area contributed by atoms with E-state index in [9.17, 15) is 14.7 Å². The summed E-state index contributed by atoms with van der Waals surface area (Å²) in [6.07, 6.45) is 1.60. The van der Waals surface area contributed by atoms with E-state index in [0.717, 1.165) is 11.1 Å². The van der Waals surface area contributed by atoms with E-state index < -0.39 is 0 Å². The van der Waals surface area contributed by atoms with Crippen LogP contribution < -0.4 is 10.7 Å². The zero-order chi connectivity index (χ0) is 22.3. The number of rotatable bonds is 7. The maximum absolute atomic E-state index is 13.1. The Morgan fingerprint density at radius 3 is 2.41 bits per heavy atom. The van der Waals surface area contributed by atoms with Gasteiger partial charge in [-0.1, -0.05) is 72.8 Å². The molecule has 32 heavy (non-hydrogen) atoms. The van der Waals surface area contributed by atoms with E-state index in [1.165, 1.54) is 5.01 Å². The lowest BCUT2D eigenvalue weighted by Gasteiger charge is -2.19. The first-order chi connectivity index (χ1) is 15.6. The van der Waals surface area contributed by atoms with Crippen LogP contribution >= 0.6 is 0 Å². The van der Waals surface area contributed by atoms with Crippen LogP contribution in [-0.4, -0.2) is 34.3 Å². The van der Waals surface area contributed by atoms with E-state index in [4.69, 9.17) is 0 Å². The molecular formula is C25H22N4O3. The Morgan fingerprint density at radius 1 is 0.969 bits per heavy atom. The van der Waals surface area contributed by atoms with Crippen LogP contribution in [0.3, 0.4) is 0 Å². The molecule has 0 bridgehead atoms. The van der Waals surface area contributed by atoms with Gasteiger partial charge in [-0.2, -0.15) is 0 Å². The number of carbonyl (C=O) groups excluding carboxylic acids is 2. The number of aromatic hydroxyl groups is 1. The third-order valence-corrected chi connectivity index (χ3v) is 4.80. The monoisotopic (exact) mass is 426 g/mol. The predicted molar refractivity (Wildman–Crippen MR) is 122 cm³/mol. The average molecular weight is 426 g/mol. The SMILES string of the molecule is O=C(CNN1C(=O)/C(=C/c2cccc(O)c2)N=C1c1ccccc1)NCc1ccccc1. The molecule has 1 aliphatic heterocycles. The van der Waals surface area contributed by atoms with Crippen molar-refractivity contribution >= 4 is 23.7 Å². The molecule has 0 aliphatic carbocycles. The van der Waals surface area contributed by atoms with Gasteiger partial charge < -0.3 is 10.4 Å². The second-order valence-corrected chi connectivity index (χ2v) is 7.16. The second kappa shape index (κ2) is 9.72. The fourth-order valence-electron chi connectivity index (χ4n) is 3.23. The summed E-state index contributed by atoms with van der Waals surface area (Å²) in [4.78, 5) is 29.9. The zero-order valence-electron chi connectivity index (χ0n) is 17.2. The topological polar surface area (TPSA) is 94.0 Å².